The number of carbonyl (C=O) groups is 1. The Kier molecular flexibility index (Phi) is 3.72. The molecule has 0 saturated heterocycles. The van der Waals surface area contributed by atoms with Crippen molar-refractivity contribution in [2.24, 2.45) is 0 Å². The molecule has 104 valence electrons. The third kappa shape index (κ3) is 2.63. The van der Waals surface area contributed by atoms with Crippen molar-refractivity contribution >= 4 is 17.4 Å². The van der Waals surface area contributed by atoms with Crippen LogP contribution in [0.4, 0.5) is 13.2 Å². The van der Waals surface area contributed by atoms with Gasteiger partial charge < -0.3 is 5.11 Å². The zero-order valence-corrected chi connectivity index (χ0v) is 10.7. The second-order valence-corrected chi connectivity index (χ2v) is 4.42. The number of phenolic OH excluding ortho intramolecular Hbond substituents is 1. The van der Waals surface area contributed by atoms with Gasteiger partial charge in [-0.1, -0.05) is 35.9 Å². The van der Waals surface area contributed by atoms with Crippen molar-refractivity contribution in [3.8, 4) is 5.75 Å². The molecular formula is C14H8ClF3O2. The Morgan fingerprint density at radius 2 is 1.60 bits per heavy atom. The standard InChI is InChI=1S/C14H8ClF3O2/c15-11-7-3-5-9(13(11)20)12(19)8-4-1-2-6-10(8)14(16,17)18/h1-7,20H. The normalized spacial score (nSPS) is 11.4. The van der Waals surface area contributed by atoms with Crippen molar-refractivity contribution in [1.29, 1.82) is 0 Å². The molecule has 0 aromatic heterocycles. The summed E-state index contributed by atoms with van der Waals surface area (Å²) >= 11 is 5.65. The highest BCUT2D eigenvalue weighted by Gasteiger charge is 2.35. The Bertz CT molecular complexity index is 666. The molecule has 0 fully saturated rings. The number of alkyl halides is 3. The lowest BCUT2D eigenvalue weighted by molar-refractivity contribution is -0.137. The molecule has 0 bridgehead atoms. The van der Waals surface area contributed by atoms with Crippen LogP contribution in [0, 0.1) is 0 Å². The van der Waals surface area contributed by atoms with Crippen LogP contribution in [-0.4, -0.2) is 10.9 Å². The summed E-state index contributed by atoms with van der Waals surface area (Å²) in [6, 6.07) is 8.33. The van der Waals surface area contributed by atoms with E-state index in [-0.39, 0.29) is 10.6 Å². The lowest BCUT2D eigenvalue weighted by Gasteiger charge is -2.12. The van der Waals surface area contributed by atoms with Crippen molar-refractivity contribution < 1.29 is 23.1 Å². The van der Waals surface area contributed by atoms with E-state index in [0.29, 0.717) is 0 Å². The summed E-state index contributed by atoms with van der Waals surface area (Å²) < 4.78 is 38.6. The Morgan fingerprint density at radius 3 is 2.25 bits per heavy atom. The Morgan fingerprint density at radius 1 is 1.00 bits per heavy atom. The number of para-hydroxylation sites is 1. The Hall–Kier alpha value is -2.01. The maximum absolute atomic E-state index is 12.9. The number of halogens is 4. The molecule has 0 aliphatic heterocycles. The summed E-state index contributed by atoms with van der Waals surface area (Å²) in [7, 11) is 0. The zero-order valence-electron chi connectivity index (χ0n) is 9.91. The van der Waals surface area contributed by atoms with Gasteiger partial charge in [-0.2, -0.15) is 13.2 Å². The predicted molar refractivity (Wildman–Crippen MR) is 68.0 cm³/mol. The van der Waals surface area contributed by atoms with Crippen LogP contribution in [0.25, 0.3) is 0 Å². The van der Waals surface area contributed by atoms with E-state index in [1.165, 1.54) is 30.3 Å². The van der Waals surface area contributed by atoms with Gasteiger partial charge in [0.2, 0.25) is 0 Å². The second-order valence-electron chi connectivity index (χ2n) is 4.01. The molecular weight excluding hydrogens is 293 g/mol. The molecule has 0 saturated carbocycles. The van der Waals surface area contributed by atoms with Crippen LogP contribution in [0.1, 0.15) is 21.5 Å². The highest BCUT2D eigenvalue weighted by Crippen LogP contribution is 2.35. The summed E-state index contributed by atoms with van der Waals surface area (Å²) in [6.07, 6.45) is -4.65. The van der Waals surface area contributed by atoms with E-state index in [1.807, 2.05) is 0 Å². The van der Waals surface area contributed by atoms with Crippen LogP contribution in [0.15, 0.2) is 42.5 Å². The molecule has 20 heavy (non-hydrogen) atoms. The first kappa shape index (κ1) is 14.4. The number of carbonyl (C=O) groups excluding carboxylic acids is 1. The van der Waals surface area contributed by atoms with Gasteiger partial charge in [0.05, 0.1) is 16.1 Å². The van der Waals surface area contributed by atoms with Gasteiger partial charge in [0.1, 0.15) is 5.75 Å². The third-order valence-electron chi connectivity index (χ3n) is 2.71. The SMILES string of the molecule is O=C(c1ccccc1C(F)(F)F)c1cccc(Cl)c1O. The fraction of sp³-hybridized carbons (Fsp3) is 0.0714. The van der Waals surface area contributed by atoms with E-state index in [1.54, 1.807) is 0 Å². The molecule has 0 aliphatic carbocycles. The minimum Gasteiger partial charge on any atom is -0.506 e. The van der Waals surface area contributed by atoms with Crippen molar-refractivity contribution in [1.82, 2.24) is 0 Å². The van der Waals surface area contributed by atoms with Gasteiger partial charge in [0.15, 0.2) is 5.78 Å². The topological polar surface area (TPSA) is 37.3 Å². The van der Waals surface area contributed by atoms with E-state index in [9.17, 15) is 23.1 Å². The molecule has 0 atom stereocenters. The first-order chi connectivity index (χ1) is 9.32. The minimum absolute atomic E-state index is 0.0969. The van der Waals surface area contributed by atoms with Crippen molar-refractivity contribution in [3.05, 3.63) is 64.2 Å². The van der Waals surface area contributed by atoms with Gasteiger partial charge in [-0.3, -0.25) is 4.79 Å². The highest BCUT2D eigenvalue weighted by molar-refractivity contribution is 6.33. The quantitative estimate of drug-likeness (QED) is 0.840. The molecule has 0 spiro atoms. The zero-order chi connectivity index (χ0) is 14.9. The lowest BCUT2D eigenvalue weighted by atomic mass is 9.97. The third-order valence-corrected chi connectivity index (χ3v) is 3.01. The van der Waals surface area contributed by atoms with Gasteiger partial charge in [-0.15, -0.1) is 0 Å². The molecule has 0 aliphatic rings. The first-order valence-corrected chi connectivity index (χ1v) is 5.88. The number of ketones is 1. The second kappa shape index (κ2) is 5.17. The maximum Gasteiger partial charge on any atom is 0.417 e. The Labute approximate surface area is 117 Å². The van der Waals surface area contributed by atoms with E-state index in [2.05, 4.69) is 0 Å². The van der Waals surface area contributed by atoms with Crippen molar-refractivity contribution in [2.75, 3.05) is 0 Å². The molecule has 1 N–H and O–H groups in total. The van der Waals surface area contributed by atoms with E-state index < -0.39 is 28.8 Å². The average Bonchev–Trinajstić information content (AvgIpc) is 2.40. The van der Waals surface area contributed by atoms with Gasteiger partial charge in [0, 0.05) is 5.56 Å². The van der Waals surface area contributed by atoms with Crippen LogP contribution >= 0.6 is 11.6 Å². The Balaban J connectivity index is 2.58. The van der Waals surface area contributed by atoms with E-state index in [0.717, 1.165) is 12.1 Å². The van der Waals surface area contributed by atoms with Crippen LogP contribution in [-0.2, 0) is 6.18 Å². The van der Waals surface area contributed by atoms with Crippen molar-refractivity contribution in [3.63, 3.8) is 0 Å². The first-order valence-electron chi connectivity index (χ1n) is 5.51. The van der Waals surface area contributed by atoms with Gasteiger partial charge in [-0.05, 0) is 18.2 Å². The van der Waals surface area contributed by atoms with E-state index >= 15 is 0 Å². The molecule has 0 heterocycles. The average molecular weight is 301 g/mol. The summed E-state index contributed by atoms with van der Waals surface area (Å²) in [5.41, 5.74) is -1.85. The lowest BCUT2D eigenvalue weighted by Crippen LogP contribution is -2.13. The fourth-order valence-corrected chi connectivity index (χ4v) is 1.95. The largest absolute Gasteiger partial charge is 0.506 e. The highest BCUT2D eigenvalue weighted by atomic mass is 35.5. The molecule has 2 aromatic carbocycles. The number of benzene rings is 2. The van der Waals surface area contributed by atoms with Gasteiger partial charge in [0.25, 0.3) is 0 Å². The summed E-state index contributed by atoms with van der Waals surface area (Å²) in [5, 5.41) is 9.59. The molecule has 0 unspecified atom stereocenters. The number of hydrogen-bond acceptors (Lipinski definition) is 2. The maximum atomic E-state index is 12.9. The smallest absolute Gasteiger partial charge is 0.417 e. The number of hydrogen-bond donors (Lipinski definition) is 1. The van der Waals surface area contributed by atoms with Crippen LogP contribution in [0.2, 0.25) is 5.02 Å². The molecule has 2 rings (SSSR count). The fourth-order valence-electron chi connectivity index (χ4n) is 1.77. The molecule has 0 amide bonds. The number of aromatic hydroxyl groups is 1. The summed E-state index contributed by atoms with van der Waals surface area (Å²) in [4.78, 5) is 12.2. The monoisotopic (exact) mass is 300 g/mol. The van der Waals surface area contributed by atoms with Crippen LogP contribution in [0.5, 0.6) is 5.75 Å². The van der Waals surface area contributed by atoms with Gasteiger partial charge >= 0.3 is 6.18 Å². The summed E-state index contributed by atoms with van der Waals surface area (Å²) in [5.74, 6) is -1.46. The molecule has 0 radical (unpaired) electrons. The van der Waals surface area contributed by atoms with Crippen LogP contribution in [0.3, 0.4) is 0 Å². The van der Waals surface area contributed by atoms with E-state index in [4.69, 9.17) is 11.6 Å². The number of rotatable bonds is 2. The molecule has 2 nitrogen and oxygen atoms in total. The molecule has 2 aromatic rings. The van der Waals surface area contributed by atoms with Crippen LogP contribution < -0.4 is 0 Å². The van der Waals surface area contributed by atoms with Gasteiger partial charge in [-0.25, -0.2) is 0 Å². The van der Waals surface area contributed by atoms with Crippen molar-refractivity contribution in [2.45, 2.75) is 6.18 Å². The predicted octanol–water partition coefficient (Wildman–Crippen LogP) is 4.30. The number of phenols is 1. The summed E-state index contributed by atoms with van der Waals surface area (Å²) in [6.45, 7) is 0. The molecule has 6 heteroatoms. The minimum atomic E-state index is -4.65.